The van der Waals surface area contributed by atoms with E-state index in [2.05, 4.69) is 5.32 Å². The van der Waals surface area contributed by atoms with Crippen LogP contribution in [0.2, 0.25) is 0 Å². The van der Waals surface area contributed by atoms with Crippen molar-refractivity contribution in [2.75, 3.05) is 13.2 Å². The van der Waals surface area contributed by atoms with E-state index in [1.807, 2.05) is 0 Å². The topological polar surface area (TPSA) is 235 Å². The van der Waals surface area contributed by atoms with Crippen molar-refractivity contribution in [3.63, 3.8) is 0 Å². The highest BCUT2D eigenvalue weighted by Gasteiger charge is 2.56. The minimum Gasteiger partial charge on any atom is -0.463 e. The van der Waals surface area contributed by atoms with Crippen LogP contribution in [0.3, 0.4) is 0 Å². The molecule has 10 atom stereocenters. The first kappa shape index (κ1) is 36.3. The van der Waals surface area contributed by atoms with E-state index in [4.69, 9.17) is 42.6 Å². The monoisotopic (exact) mass is 635 g/mol. The highest BCUT2D eigenvalue weighted by atomic mass is 16.8. The summed E-state index contributed by atoms with van der Waals surface area (Å²) >= 11 is 0. The Morgan fingerprint density at radius 1 is 0.568 bits per heavy atom. The molecule has 2 N–H and O–H groups in total. The summed E-state index contributed by atoms with van der Waals surface area (Å²) in [5, 5.41) is 13.1. The molecule has 0 saturated carbocycles. The maximum Gasteiger partial charge on any atom is 0.303 e. The molecule has 2 saturated heterocycles. The van der Waals surface area contributed by atoms with E-state index in [1.54, 1.807) is 0 Å². The number of aliphatic hydroxyl groups is 1. The minimum atomic E-state index is -1.79. The molecule has 0 aromatic rings. The third-order valence-electron chi connectivity index (χ3n) is 6.03. The van der Waals surface area contributed by atoms with E-state index in [-0.39, 0.29) is 0 Å². The smallest absolute Gasteiger partial charge is 0.303 e. The van der Waals surface area contributed by atoms with Gasteiger partial charge in [0, 0.05) is 48.5 Å². The van der Waals surface area contributed by atoms with Gasteiger partial charge in [-0.3, -0.25) is 33.6 Å². The number of nitrogens with one attached hydrogen (secondary N) is 1. The number of aliphatic hydroxyl groups excluding tert-OH is 1. The third-order valence-corrected chi connectivity index (χ3v) is 6.03. The minimum absolute atomic E-state index is 0.559. The van der Waals surface area contributed by atoms with Crippen molar-refractivity contribution >= 4 is 41.7 Å². The lowest BCUT2D eigenvalue weighted by atomic mass is 9.95. The molecule has 2 fully saturated rings. The van der Waals surface area contributed by atoms with Gasteiger partial charge in [-0.05, 0) is 0 Å². The Balaban J connectivity index is 2.66. The van der Waals surface area contributed by atoms with Gasteiger partial charge in [-0.15, -0.1) is 0 Å². The largest absolute Gasteiger partial charge is 0.463 e. The maximum atomic E-state index is 12.2. The number of carbonyl (C=O) groups is 7. The predicted octanol–water partition coefficient (Wildman–Crippen LogP) is -1.83. The van der Waals surface area contributed by atoms with E-state index in [0.717, 1.165) is 48.5 Å². The molecule has 0 spiro atoms. The standard InChI is InChI=1S/C26H37NO17/c1-10(28)27-19-22(39-14(5)32)20(17(42-25(19)35)8-36-11(2)29)44-26-24(41-16(7)34)23(40-15(6)33)21(38-13(4)31)18(43-26)9-37-12(3)30/h17-26,35H,8-9H2,1-7H3,(H,27,28)/t17-,18-,19-,20-,21-,22-,23+,24-,25?,26-/m1/s1. The number of hydrogen-bond acceptors (Lipinski definition) is 17. The van der Waals surface area contributed by atoms with Gasteiger partial charge >= 0.3 is 35.8 Å². The SMILES string of the molecule is CC(=O)N[C@H]1C(O)O[C@H](COC(C)=O)[C@@H](O[C@H]2O[C@H](COC(C)=O)[C@@H](OC(C)=O)[C@H](OC(C)=O)[C@H]2OC(C)=O)[C@@H]1OC(C)=O. The molecule has 0 aliphatic carbocycles. The summed E-state index contributed by atoms with van der Waals surface area (Å²) in [5.74, 6) is -5.68. The zero-order valence-corrected chi connectivity index (χ0v) is 25.2. The lowest BCUT2D eigenvalue weighted by Crippen LogP contribution is -2.68. The highest BCUT2D eigenvalue weighted by molar-refractivity contribution is 5.73. The van der Waals surface area contributed by atoms with Crippen LogP contribution in [0.5, 0.6) is 0 Å². The van der Waals surface area contributed by atoms with Gasteiger partial charge in [-0.25, -0.2) is 0 Å². The van der Waals surface area contributed by atoms with Crippen molar-refractivity contribution < 1.29 is 81.3 Å². The molecule has 0 aromatic heterocycles. The van der Waals surface area contributed by atoms with Gasteiger partial charge in [-0.2, -0.15) is 0 Å². The average molecular weight is 636 g/mol. The molecule has 18 nitrogen and oxygen atoms in total. The maximum absolute atomic E-state index is 12.2. The van der Waals surface area contributed by atoms with Crippen LogP contribution in [0.4, 0.5) is 0 Å². The van der Waals surface area contributed by atoms with Crippen LogP contribution in [0.1, 0.15) is 48.5 Å². The van der Waals surface area contributed by atoms with E-state index in [0.29, 0.717) is 0 Å². The molecular formula is C26H37NO17. The van der Waals surface area contributed by atoms with E-state index in [1.165, 1.54) is 0 Å². The molecule has 2 rings (SSSR count). The second kappa shape index (κ2) is 16.3. The van der Waals surface area contributed by atoms with Gasteiger partial charge in [0.05, 0.1) is 0 Å². The first-order valence-corrected chi connectivity index (χ1v) is 13.4. The van der Waals surface area contributed by atoms with Crippen molar-refractivity contribution in [3.05, 3.63) is 0 Å². The van der Waals surface area contributed by atoms with Crippen LogP contribution in [-0.2, 0) is 76.2 Å². The predicted molar refractivity (Wildman–Crippen MR) is 138 cm³/mol. The molecule has 1 unspecified atom stereocenters. The molecule has 0 aromatic carbocycles. The van der Waals surface area contributed by atoms with E-state index in [9.17, 15) is 38.7 Å². The van der Waals surface area contributed by atoms with Crippen molar-refractivity contribution in [1.29, 1.82) is 0 Å². The fraction of sp³-hybridized carbons (Fsp3) is 0.731. The number of ether oxygens (including phenoxy) is 9. The normalized spacial score (nSPS) is 31.5. The zero-order valence-electron chi connectivity index (χ0n) is 25.2. The summed E-state index contributed by atoms with van der Waals surface area (Å²) in [4.78, 5) is 83.6. The van der Waals surface area contributed by atoms with Crippen LogP contribution in [0.15, 0.2) is 0 Å². The Bertz CT molecular complexity index is 1090. The Hall–Kier alpha value is -3.87. The number of rotatable bonds is 11. The molecular weight excluding hydrogens is 598 g/mol. The van der Waals surface area contributed by atoms with Gasteiger partial charge in [0.15, 0.2) is 37.0 Å². The summed E-state index contributed by atoms with van der Waals surface area (Å²) < 4.78 is 49.2. The van der Waals surface area contributed by atoms with Gasteiger partial charge in [0.1, 0.15) is 37.6 Å². The van der Waals surface area contributed by atoms with Gasteiger partial charge in [0.2, 0.25) is 5.91 Å². The van der Waals surface area contributed by atoms with Crippen LogP contribution < -0.4 is 5.32 Å². The summed E-state index contributed by atoms with van der Waals surface area (Å²) in [7, 11) is 0. The summed E-state index contributed by atoms with van der Waals surface area (Å²) in [6.45, 7) is 6.33. The summed E-state index contributed by atoms with van der Waals surface area (Å²) in [5.41, 5.74) is 0. The van der Waals surface area contributed by atoms with Crippen LogP contribution in [0.25, 0.3) is 0 Å². The van der Waals surface area contributed by atoms with Gasteiger partial charge in [-0.1, -0.05) is 0 Å². The molecule has 2 aliphatic rings. The first-order chi connectivity index (χ1) is 20.5. The molecule has 1 amide bonds. The molecule has 0 radical (unpaired) electrons. The van der Waals surface area contributed by atoms with Crippen LogP contribution in [-0.4, -0.2) is 121 Å². The zero-order chi connectivity index (χ0) is 33.3. The number of esters is 6. The van der Waals surface area contributed by atoms with Crippen LogP contribution in [0, 0.1) is 0 Å². The lowest BCUT2D eigenvalue weighted by molar-refractivity contribution is -0.347. The Labute approximate surface area is 251 Å². The van der Waals surface area contributed by atoms with Crippen LogP contribution >= 0.6 is 0 Å². The molecule has 0 bridgehead atoms. The lowest BCUT2D eigenvalue weighted by Gasteiger charge is -2.48. The fourth-order valence-electron chi connectivity index (χ4n) is 4.59. The number of amides is 1. The first-order valence-electron chi connectivity index (χ1n) is 13.4. The second-order valence-electron chi connectivity index (χ2n) is 9.84. The van der Waals surface area contributed by atoms with Crippen molar-refractivity contribution in [2.24, 2.45) is 0 Å². The van der Waals surface area contributed by atoms with E-state index >= 15 is 0 Å². The summed E-state index contributed by atoms with van der Waals surface area (Å²) in [6, 6.07) is -1.43. The Morgan fingerprint density at radius 3 is 1.45 bits per heavy atom. The number of hydrogen-bond donors (Lipinski definition) is 2. The fourth-order valence-corrected chi connectivity index (χ4v) is 4.59. The summed E-state index contributed by atoms with van der Waals surface area (Å²) in [6.07, 6.45) is -14.2. The molecule has 44 heavy (non-hydrogen) atoms. The molecule has 2 heterocycles. The third kappa shape index (κ3) is 10.7. The quantitative estimate of drug-likeness (QED) is 0.188. The second-order valence-corrected chi connectivity index (χ2v) is 9.84. The molecule has 18 heteroatoms. The van der Waals surface area contributed by atoms with Gasteiger partial charge < -0.3 is 53.1 Å². The number of carbonyl (C=O) groups excluding carboxylic acids is 7. The van der Waals surface area contributed by atoms with Crippen molar-refractivity contribution in [3.8, 4) is 0 Å². The molecule has 2 aliphatic heterocycles. The Kier molecular flexibility index (Phi) is 13.4. The van der Waals surface area contributed by atoms with Crippen molar-refractivity contribution in [2.45, 2.75) is 110 Å². The van der Waals surface area contributed by atoms with Crippen molar-refractivity contribution in [1.82, 2.24) is 5.32 Å². The average Bonchev–Trinajstić information content (AvgIpc) is 2.87. The molecule has 248 valence electrons. The highest BCUT2D eigenvalue weighted by Crippen LogP contribution is 2.34. The Morgan fingerprint density at radius 2 is 1.00 bits per heavy atom. The van der Waals surface area contributed by atoms with E-state index < -0.39 is 116 Å². The van der Waals surface area contributed by atoms with Gasteiger partial charge in [0.25, 0.3) is 0 Å².